The quantitative estimate of drug-likeness (QED) is 0.753. The Morgan fingerprint density at radius 3 is 2.17 bits per heavy atom. The van der Waals surface area contributed by atoms with Crippen LogP contribution in [0.3, 0.4) is 0 Å². The Morgan fingerprint density at radius 2 is 1.52 bits per heavy atom. The highest BCUT2D eigenvalue weighted by Crippen LogP contribution is 2.25. The number of para-hydroxylation sites is 3. The number of aryl methyl sites for hydroxylation is 1. The molecule has 4 nitrogen and oxygen atoms in total. The van der Waals surface area contributed by atoms with E-state index in [1.54, 1.807) is 0 Å². The van der Waals surface area contributed by atoms with Gasteiger partial charge in [0.25, 0.3) is 5.91 Å². The van der Waals surface area contributed by atoms with Crippen molar-refractivity contribution in [1.82, 2.24) is 4.57 Å². The van der Waals surface area contributed by atoms with Gasteiger partial charge in [0, 0.05) is 18.4 Å². The topological polar surface area (TPSA) is 46.1 Å². The van der Waals surface area contributed by atoms with Gasteiger partial charge in [0.2, 0.25) is 0 Å². The van der Waals surface area contributed by atoms with Crippen molar-refractivity contribution in [2.75, 3.05) is 10.6 Å². The Balaban J connectivity index is 1.83. The highest BCUT2D eigenvalue weighted by molar-refractivity contribution is 6.05. The largest absolute Gasteiger partial charge is 0.354 e. The molecule has 0 aliphatic carbocycles. The van der Waals surface area contributed by atoms with Crippen LogP contribution in [-0.4, -0.2) is 10.5 Å². The van der Waals surface area contributed by atoms with Crippen molar-refractivity contribution in [2.45, 2.75) is 6.92 Å². The Bertz CT molecular complexity index is 822. The zero-order chi connectivity index (χ0) is 16.2. The Morgan fingerprint density at radius 1 is 0.870 bits per heavy atom. The highest BCUT2D eigenvalue weighted by atomic mass is 16.1. The normalized spacial score (nSPS) is 10.3. The molecule has 4 heteroatoms. The van der Waals surface area contributed by atoms with Gasteiger partial charge in [-0.3, -0.25) is 4.79 Å². The molecule has 0 saturated heterocycles. The van der Waals surface area contributed by atoms with Gasteiger partial charge in [0.15, 0.2) is 0 Å². The zero-order valence-electron chi connectivity index (χ0n) is 13.2. The van der Waals surface area contributed by atoms with E-state index in [4.69, 9.17) is 0 Å². The van der Waals surface area contributed by atoms with Crippen molar-refractivity contribution in [1.29, 1.82) is 0 Å². The minimum atomic E-state index is -0.122. The number of hydrogen-bond acceptors (Lipinski definition) is 2. The van der Waals surface area contributed by atoms with Crippen LogP contribution in [-0.2, 0) is 7.05 Å². The molecular weight excluding hydrogens is 286 g/mol. The molecule has 0 saturated carbocycles. The average Bonchev–Trinajstić information content (AvgIpc) is 2.90. The lowest BCUT2D eigenvalue weighted by Crippen LogP contribution is -2.16. The second-order valence-corrected chi connectivity index (χ2v) is 5.41. The predicted octanol–water partition coefficient (Wildman–Crippen LogP) is 4.33. The number of nitrogens with one attached hydrogen (secondary N) is 2. The molecule has 0 bridgehead atoms. The van der Waals surface area contributed by atoms with Crippen molar-refractivity contribution >= 4 is 23.0 Å². The minimum Gasteiger partial charge on any atom is -0.354 e. The van der Waals surface area contributed by atoms with E-state index in [1.165, 1.54) is 0 Å². The number of anilines is 3. The van der Waals surface area contributed by atoms with Crippen LogP contribution in [0.15, 0.2) is 66.7 Å². The van der Waals surface area contributed by atoms with E-state index >= 15 is 0 Å². The fraction of sp³-hybridized carbons (Fsp3) is 0.105. The fourth-order valence-electron chi connectivity index (χ4n) is 2.41. The van der Waals surface area contributed by atoms with Crippen molar-refractivity contribution in [2.24, 2.45) is 7.05 Å². The second kappa shape index (κ2) is 6.40. The van der Waals surface area contributed by atoms with Gasteiger partial charge in [0.05, 0.1) is 11.4 Å². The summed E-state index contributed by atoms with van der Waals surface area (Å²) in [5.41, 5.74) is 4.27. The molecule has 116 valence electrons. The van der Waals surface area contributed by atoms with Gasteiger partial charge < -0.3 is 15.2 Å². The van der Waals surface area contributed by atoms with Gasteiger partial charge in [-0.15, -0.1) is 0 Å². The third-order valence-corrected chi connectivity index (χ3v) is 3.83. The van der Waals surface area contributed by atoms with Crippen LogP contribution in [0.2, 0.25) is 0 Å². The molecule has 3 aromatic rings. The van der Waals surface area contributed by atoms with Gasteiger partial charge in [-0.05, 0) is 43.3 Å². The molecule has 2 N–H and O–H groups in total. The van der Waals surface area contributed by atoms with Crippen molar-refractivity contribution in [3.05, 3.63) is 78.1 Å². The van der Waals surface area contributed by atoms with Crippen LogP contribution in [0, 0.1) is 6.92 Å². The van der Waals surface area contributed by atoms with Gasteiger partial charge >= 0.3 is 0 Å². The summed E-state index contributed by atoms with van der Waals surface area (Å²) < 4.78 is 1.88. The first kappa shape index (κ1) is 14.9. The summed E-state index contributed by atoms with van der Waals surface area (Å²) >= 11 is 0. The predicted molar refractivity (Wildman–Crippen MR) is 94.3 cm³/mol. The number of amides is 1. The summed E-state index contributed by atoms with van der Waals surface area (Å²) in [5, 5.41) is 6.31. The number of rotatable bonds is 4. The standard InChI is InChI=1S/C19H19N3O/c1-14-12-13-18(22(14)2)19(23)21-17-11-7-6-10-16(17)20-15-8-4-3-5-9-15/h3-13,20H,1-2H3,(H,21,23). The molecule has 0 unspecified atom stereocenters. The molecule has 0 fully saturated rings. The van der Waals surface area contributed by atoms with E-state index in [2.05, 4.69) is 10.6 Å². The number of carbonyl (C=O) groups excluding carboxylic acids is 1. The SMILES string of the molecule is Cc1ccc(C(=O)Nc2ccccc2Nc2ccccc2)n1C. The van der Waals surface area contributed by atoms with Crippen LogP contribution in [0.4, 0.5) is 17.1 Å². The number of aromatic nitrogens is 1. The minimum absolute atomic E-state index is 0.122. The van der Waals surface area contributed by atoms with Crippen LogP contribution < -0.4 is 10.6 Å². The molecule has 2 aromatic carbocycles. The van der Waals surface area contributed by atoms with E-state index in [9.17, 15) is 4.79 Å². The fourth-order valence-corrected chi connectivity index (χ4v) is 2.41. The summed E-state index contributed by atoms with van der Waals surface area (Å²) in [7, 11) is 1.89. The number of benzene rings is 2. The van der Waals surface area contributed by atoms with E-state index in [-0.39, 0.29) is 5.91 Å². The van der Waals surface area contributed by atoms with Crippen molar-refractivity contribution in [3.63, 3.8) is 0 Å². The molecule has 23 heavy (non-hydrogen) atoms. The van der Waals surface area contributed by atoms with Gasteiger partial charge in [-0.2, -0.15) is 0 Å². The summed E-state index contributed by atoms with van der Waals surface area (Å²) in [6.07, 6.45) is 0. The molecule has 1 aromatic heterocycles. The molecule has 0 aliphatic heterocycles. The first-order chi connectivity index (χ1) is 11.1. The Hall–Kier alpha value is -3.01. The van der Waals surface area contributed by atoms with Gasteiger partial charge in [-0.25, -0.2) is 0 Å². The average molecular weight is 305 g/mol. The lowest BCUT2D eigenvalue weighted by atomic mass is 10.2. The molecular formula is C19H19N3O. The molecule has 0 atom stereocenters. The molecule has 0 aliphatic rings. The zero-order valence-corrected chi connectivity index (χ0v) is 13.2. The van der Waals surface area contributed by atoms with E-state index < -0.39 is 0 Å². The molecule has 0 spiro atoms. The maximum atomic E-state index is 12.5. The highest BCUT2D eigenvalue weighted by Gasteiger charge is 2.12. The van der Waals surface area contributed by atoms with Gasteiger partial charge in [-0.1, -0.05) is 30.3 Å². The molecule has 3 rings (SSSR count). The first-order valence-electron chi connectivity index (χ1n) is 7.50. The van der Waals surface area contributed by atoms with Crippen LogP contribution in [0.1, 0.15) is 16.2 Å². The Kier molecular flexibility index (Phi) is 4.15. The van der Waals surface area contributed by atoms with E-state index in [0.717, 1.165) is 22.8 Å². The van der Waals surface area contributed by atoms with Crippen molar-refractivity contribution < 1.29 is 4.79 Å². The number of nitrogens with zero attached hydrogens (tertiary/aromatic N) is 1. The van der Waals surface area contributed by atoms with E-state index in [1.807, 2.05) is 85.3 Å². The first-order valence-corrected chi connectivity index (χ1v) is 7.50. The Labute approximate surface area is 135 Å². The molecule has 1 heterocycles. The smallest absolute Gasteiger partial charge is 0.272 e. The monoisotopic (exact) mass is 305 g/mol. The second-order valence-electron chi connectivity index (χ2n) is 5.41. The third-order valence-electron chi connectivity index (χ3n) is 3.83. The number of carbonyl (C=O) groups is 1. The maximum Gasteiger partial charge on any atom is 0.272 e. The van der Waals surface area contributed by atoms with Gasteiger partial charge in [0.1, 0.15) is 5.69 Å². The summed E-state index contributed by atoms with van der Waals surface area (Å²) in [4.78, 5) is 12.5. The summed E-state index contributed by atoms with van der Waals surface area (Å²) in [6, 6.07) is 21.3. The van der Waals surface area contributed by atoms with E-state index in [0.29, 0.717) is 5.69 Å². The summed E-state index contributed by atoms with van der Waals surface area (Å²) in [6.45, 7) is 1.97. The third kappa shape index (κ3) is 3.26. The lowest BCUT2D eigenvalue weighted by Gasteiger charge is -2.13. The molecule has 0 radical (unpaired) electrons. The van der Waals surface area contributed by atoms with Crippen molar-refractivity contribution in [3.8, 4) is 0 Å². The number of hydrogen-bond donors (Lipinski definition) is 2. The molecule has 1 amide bonds. The van der Waals surface area contributed by atoms with Crippen LogP contribution in [0.25, 0.3) is 0 Å². The van der Waals surface area contributed by atoms with Crippen LogP contribution in [0.5, 0.6) is 0 Å². The van der Waals surface area contributed by atoms with Crippen LogP contribution >= 0.6 is 0 Å². The lowest BCUT2D eigenvalue weighted by molar-refractivity contribution is 0.101. The maximum absolute atomic E-state index is 12.5. The summed E-state index contributed by atoms with van der Waals surface area (Å²) in [5.74, 6) is -0.122.